The fourth-order valence-corrected chi connectivity index (χ4v) is 3.65. The van der Waals surface area contributed by atoms with Gasteiger partial charge in [0.15, 0.2) is 0 Å². The Hall–Kier alpha value is -0.570. The Kier molecular flexibility index (Phi) is 2.69. The molecule has 3 heteroatoms. The standard InChI is InChI=1S/C14H19ClN2/c1-17-7-5-14(6-8-17)9-11-10(13(14)16)3-2-4-12(11)15/h2-4,13H,5-9,16H2,1H3/t13-/m1/s1. The van der Waals surface area contributed by atoms with Gasteiger partial charge in [0, 0.05) is 11.1 Å². The molecular weight excluding hydrogens is 232 g/mol. The second kappa shape index (κ2) is 3.98. The lowest BCUT2D eigenvalue weighted by atomic mass is 9.73. The van der Waals surface area contributed by atoms with Crippen LogP contribution in [0.15, 0.2) is 18.2 Å². The number of hydrogen-bond acceptors (Lipinski definition) is 2. The van der Waals surface area contributed by atoms with Gasteiger partial charge in [-0.25, -0.2) is 0 Å². The minimum atomic E-state index is 0.171. The molecule has 0 bridgehead atoms. The van der Waals surface area contributed by atoms with Crippen molar-refractivity contribution in [2.24, 2.45) is 11.1 Å². The Labute approximate surface area is 108 Å². The fourth-order valence-electron chi connectivity index (χ4n) is 3.40. The highest BCUT2D eigenvalue weighted by atomic mass is 35.5. The van der Waals surface area contributed by atoms with Crippen LogP contribution in [0.2, 0.25) is 5.02 Å². The monoisotopic (exact) mass is 250 g/mol. The first-order valence-corrected chi connectivity index (χ1v) is 6.72. The minimum Gasteiger partial charge on any atom is -0.323 e. The summed E-state index contributed by atoms with van der Waals surface area (Å²) in [6.07, 6.45) is 3.45. The van der Waals surface area contributed by atoms with E-state index in [1.165, 1.54) is 24.0 Å². The number of nitrogens with two attached hydrogens (primary N) is 1. The third-order valence-corrected chi connectivity index (χ3v) is 5.02. The number of hydrogen-bond donors (Lipinski definition) is 1. The summed E-state index contributed by atoms with van der Waals surface area (Å²) in [5, 5.41) is 0.897. The molecule has 1 fully saturated rings. The second-order valence-electron chi connectivity index (χ2n) is 5.63. The molecular formula is C14H19ClN2. The van der Waals surface area contributed by atoms with Gasteiger partial charge in [-0.05, 0) is 62.0 Å². The summed E-state index contributed by atoms with van der Waals surface area (Å²) < 4.78 is 0. The van der Waals surface area contributed by atoms with E-state index < -0.39 is 0 Å². The van der Waals surface area contributed by atoms with Gasteiger partial charge in [-0.1, -0.05) is 23.7 Å². The average Bonchev–Trinajstić information content (AvgIpc) is 2.60. The van der Waals surface area contributed by atoms with Crippen molar-refractivity contribution in [1.29, 1.82) is 0 Å². The van der Waals surface area contributed by atoms with Crippen LogP contribution in [0, 0.1) is 5.41 Å². The topological polar surface area (TPSA) is 29.3 Å². The summed E-state index contributed by atoms with van der Waals surface area (Å²) in [5.74, 6) is 0. The Morgan fingerprint density at radius 3 is 2.71 bits per heavy atom. The first-order valence-electron chi connectivity index (χ1n) is 6.34. The van der Waals surface area contributed by atoms with Crippen LogP contribution in [0.3, 0.4) is 0 Å². The van der Waals surface area contributed by atoms with E-state index >= 15 is 0 Å². The number of nitrogens with zero attached hydrogens (tertiary/aromatic N) is 1. The van der Waals surface area contributed by atoms with Crippen LogP contribution in [0.5, 0.6) is 0 Å². The predicted molar refractivity (Wildman–Crippen MR) is 71.2 cm³/mol. The average molecular weight is 251 g/mol. The molecule has 2 nitrogen and oxygen atoms in total. The molecule has 1 atom stereocenters. The van der Waals surface area contributed by atoms with E-state index in [0.717, 1.165) is 24.5 Å². The maximum Gasteiger partial charge on any atom is 0.0441 e. The Morgan fingerprint density at radius 2 is 2.06 bits per heavy atom. The van der Waals surface area contributed by atoms with Gasteiger partial charge in [0.25, 0.3) is 0 Å². The third kappa shape index (κ3) is 1.70. The first kappa shape index (κ1) is 11.5. The lowest BCUT2D eigenvalue weighted by Crippen LogP contribution is -2.42. The highest BCUT2D eigenvalue weighted by Gasteiger charge is 2.45. The zero-order valence-corrected chi connectivity index (χ0v) is 11.0. The van der Waals surface area contributed by atoms with Gasteiger partial charge in [-0.3, -0.25) is 0 Å². The van der Waals surface area contributed by atoms with Gasteiger partial charge in [-0.15, -0.1) is 0 Å². The zero-order chi connectivity index (χ0) is 12.0. The van der Waals surface area contributed by atoms with E-state index in [2.05, 4.69) is 18.0 Å². The molecule has 2 N–H and O–H groups in total. The summed E-state index contributed by atoms with van der Waals surface area (Å²) >= 11 is 6.30. The number of fused-ring (bicyclic) bond motifs is 1. The molecule has 0 aromatic heterocycles. The van der Waals surface area contributed by atoms with Crippen molar-refractivity contribution >= 4 is 11.6 Å². The molecule has 92 valence electrons. The fraction of sp³-hybridized carbons (Fsp3) is 0.571. The van der Waals surface area contributed by atoms with Crippen LogP contribution in [0.1, 0.15) is 30.0 Å². The minimum absolute atomic E-state index is 0.171. The van der Waals surface area contributed by atoms with Crippen LogP contribution in [0.4, 0.5) is 0 Å². The third-order valence-electron chi connectivity index (χ3n) is 4.66. The summed E-state index contributed by atoms with van der Waals surface area (Å²) in [7, 11) is 2.19. The summed E-state index contributed by atoms with van der Waals surface area (Å²) in [6, 6.07) is 6.33. The SMILES string of the molecule is CN1CCC2(CC1)Cc1c(Cl)cccc1[C@H]2N. The summed E-state index contributed by atoms with van der Waals surface area (Å²) in [6.45, 7) is 2.30. The zero-order valence-electron chi connectivity index (χ0n) is 10.2. The molecule has 1 aliphatic carbocycles. The Morgan fingerprint density at radius 1 is 1.35 bits per heavy atom. The molecule has 1 spiro atoms. The molecule has 1 heterocycles. The Bertz CT molecular complexity index is 436. The van der Waals surface area contributed by atoms with E-state index in [1.54, 1.807) is 0 Å². The van der Waals surface area contributed by atoms with Crippen molar-refractivity contribution in [3.05, 3.63) is 34.3 Å². The molecule has 1 saturated heterocycles. The summed E-state index contributed by atoms with van der Waals surface area (Å²) in [5.41, 5.74) is 9.33. The van der Waals surface area contributed by atoms with E-state index in [1.807, 2.05) is 12.1 Å². The van der Waals surface area contributed by atoms with Crippen LogP contribution >= 0.6 is 11.6 Å². The van der Waals surface area contributed by atoms with Crippen LogP contribution in [-0.4, -0.2) is 25.0 Å². The van der Waals surface area contributed by atoms with Gasteiger partial charge < -0.3 is 10.6 Å². The maximum atomic E-state index is 6.49. The van der Waals surface area contributed by atoms with Crippen LogP contribution in [-0.2, 0) is 6.42 Å². The smallest absolute Gasteiger partial charge is 0.0441 e. The second-order valence-corrected chi connectivity index (χ2v) is 6.03. The van der Waals surface area contributed by atoms with E-state index in [0.29, 0.717) is 0 Å². The van der Waals surface area contributed by atoms with Crippen molar-refractivity contribution in [3.63, 3.8) is 0 Å². The molecule has 1 aromatic rings. The number of halogens is 1. The first-order chi connectivity index (χ1) is 8.12. The molecule has 0 saturated carbocycles. The molecule has 0 radical (unpaired) electrons. The van der Waals surface area contributed by atoms with Crippen molar-refractivity contribution in [2.75, 3.05) is 20.1 Å². The van der Waals surface area contributed by atoms with Gasteiger partial charge >= 0.3 is 0 Å². The number of benzene rings is 1. The predicted octanol–water partition coefficient (Wildman–Crippen LogP) is 2.61. The van der Waals surface area contributed by atoms with Crippen LogP contribution in [0.25, 0.3) is 0 Å². The van der Waals surface area contributed by atoms with Gasteiger partial charge in [0.1, 0.15) is 0 Å². The van der Waals surface area contributed by atoms with E-state index in [9.17, 15) is 0 Å². The lowest BCUT2D eigenvalue weighted by Gasteiger charge is -2.41. The van der Waals surface area contributed by atoms with Crippen LogP contribution < -0.4 is 5.73 Å². The number of rotatable bonds is 0. The lowest BCUT2D eigenvalue weighted by molar-refractivity contribution is 0.106. The van der Waals surface area contributed by atoms with Gasteiger partial charge in [-0.2, -0.15) is 0 Å². The van der Waals surface area contributed by atoms with Crippen molar-refractivity contribution in [2.45, 2.75) is 25.3 Å². The van der Waals surface area contributed by atoms with Crippen molar-refractivity contribution in [1.82, 2.24) is 4.90 Å². The van der Waals surface area contributed by atoms with Crippen molar-refractivity contribution < 1.29 is 0 Å². The quantitative estimate of drug-likeness (QED) is 0.767. The molecule has 1 aliphatic heterocycles. The molecule has 2 aliphatic rings. The normalized spacial score (nSPS) is 27.4. The molecule has 0 unspecified atom stereocenters. The van der Waals surface area contributed by atoms with Crippen molar-refractivity contribution in [3.8, 4) is 0 Å². The maximum absolute atomic E-state index is 6.49. The molecule has 1 aromatic carbocycles. The summed E-state index contributed by atoms with van der Waals surface area (Å²) in [4.78, 5) is 2.39. The number of likely N-dealkylation sites (tertiary alicyclic amines) is 1. The highest BCUT2D eigenvalue weighted by molar-refractivity contribution is 6.31. The number of piperidine rings is 1. The molecule has 17 heavy (non-hydrogen) atoms. The van der Waals surface area contributed by atoms with Gasteiger partial charge in [0.2, 0.25) is 0 Å². The van der Waals surface area contributed by atoms with Gasteiger partial charge in [0.05, 0.1) is 0 Å². The highest BCUT2D eigenvalue weighted by Crippen LogP contribution is 2.51. The van der Waals surface area contributed by atoms with E-state index in [-0.39, 0.29) is 11.5 Å². The largest absolute Gasteiger partial charge is 0.323 e. The Balaban J connectivity index is 1.96. The molecule has 0 amide bonds. The van der Waals surface area contributed by atoms with E-state index in [4.69, 9.17) is 17.3 Å². The molecule has 3 rings (SSSR count).